The monoisotopic (exact) mass is 1000 g/mol. The third kappa shape index (κ3) is 14.9. The van der Waals surface area contributed by atoms with E-state index in [1.807, 2.05) is 19.1 Å². The number of rotatable bonds is 26. The number of fused-ring (bicyclic) bond motifs is 1. The van der Waals surface area contributed by atoms with E-state index >= 15 is 0 Å². The number of cyclic esters (lactones) is 1. The number of amides is 1. The van der Waals surface area contributed by atoms with Crippen molar-refractivity contribution >= 4 is 47.0 Å². The van der Waals surface area contributed by atoms with Crippen molar-refractivity contribution < 1.29 is 62.4 Å². The van der Waals surface area contributed by atoms with E-state index in [9.17, 15) is 38.7 Å². The molecule has 1 amide bonds. The van der Waals surface area contributed by atoms with Crippen LogP contribution in [0.5, 0.6) is 0 Å². The fraction of sp³-hybridized carbons (Fsp3) is 0.466. The van der Waals surface area contributed by atoms with Gasteiger partial charge >= 0.3 is 23.9 Å². The van der Waals surface area contributed by atoms with Gasteiger partial charge in [0, 0.05) is 29.7 Å². The van der Waals surface area contributed by atoms with Gasteiger partial charge in [0.2, 0.25) is 5.91 Å². The van der Waals surface area contributed by atoms with Crippen molar-refractivity contribution in [1.29, 1.82) is 0 Å². The highest BCUT2D eigenvalue weighted by Gasteiger charge is 2.58. The molecule has 0 bridgehead atoms. The first-order valence-corrected chi connectivity index (χ1v) is 25.1. The summed E-state index contributed by atoms with van der Waals surface area (Å²) in [6, 6.07) is 19.6. The number of ketones is 2. The molecule has 0 saturated heterocycles. The molecule has 6 atom stereocenters. The maximum atomic E-state index is 13.4. The van der Waals surface area contributed by atoms with Crippen molar-refractivity contribution in [3.05, 3.63) is 124 Å². The molecule has 73 heavy (non-hydrogen) atoms. The van der Waals surface area contributed by atoms with E-state index in [0.29, 0.717) is 84.9 Å². The Morgan fingerprint density at radius 2 is 1.51 bits per heavy atom. The standard InChI is InChI=1S/C58H68N2O13/c1-6-30-69-33-34-70-52(64)37-59-36-51(63)60-44-22-20-41(21-23-44)53(65)40-16-18-42(19-17-40)54(66)71-31-9-7-8-10-45(61)25-28-58(5)49-24-13-39(3)47(57(49,4)29-26-50(58)62)35-48(46-27-32-72-56(46)68)73-55(67)43-14-11-38(2)12-15-43/h1,11-12,14-23,27,47-50,59,62H,3,7-10,13,24-26,28-37H2,2,4-5H3,(H,60,63)/t47-,48?,49?,50?,57+,58+/m1/s1. The lowest BCUT2D eigenvalue weighted by Gasteiger charge is -2.60. The van der Waals surface area contributed by atoms with Gasteiger partial charge in [-0.2, -0.15) is 0 Å². The Kier molecular flexibility index (Phi) is 20.0. The van der Waals surface area contributed by atoms with E-state index in [4.69, 9.17) is 30.1 Å². The summed E-state index contributed by atoms with van der Waals surface area (Å²) in [5.74, 6) is -0.392. The van der Waals surface area contributed by atoms with Crippen molar-refractivity contribution in [2.75, 3.05) is 51.4 Å². The van der Waals surface area contributed by atoms with Gasteiger partial charge in [0.05, 0.1) is 49.1 Å². The molecule has 15 heteroatoms. The average molecular weight is 1000 g/mol. The molecule has 3 aromatic carbocycles. The molecule has 15 nitrogen and oxygen atoms in total. The minimum Gasteiger partial charge on any atom is -0.462 e. The van der Waals surface area contributed by atoms with E-state index in [0.717, 1.165) is 30.4 Å². The zero-order valence-corrected chi connectivity index (χ0v) is 42.2. The van der Waals surface area contributed by atoms with E-state index in [-0.39, 0.29) is 74.9 Å². The fourth-order valence-electron chi connectivity index (χ4n) is 10.6. The van der Waals surface area contributed by atoms with Gasteiger partial charge in [-0.25, -0.2) is 14.4 Å². The number of benzene rings is 3. The van der Waals surface area contributed by atoms with Crippen molar-refractivity contribution in [3.8, 4) is 12.3 Å². The third-order valence-electron chi connectivity index (χ3n) is 14.8. The molecule has 1 aliphatic heterocycles. The Bertz CT molecular complexity index is 2540. The summed E-state index contributed by atoms with van der Waals surface area (Å²) in [6.07, 6.45) is 11.6. The molecule has 2 aliphatic carbocycles. The lowest BCUT2D eigenvalue weighted by atomic mass is 9.45. The van der Waals surface area contributed by atoms with Crippen LogP contribution in [0.3, 0.4) is 0 Å². The third-order valence-corrected chi connectivity index (χ3v) is 14.8. The number of esters is 4. The van der Waals surface area contributed by atoms with Crippen LogP contribution in [-0.2, 0) is 42.9 Å². The molecule has 6 rings (SSSR count). The number of aryl methyl sites for hydroxylation is 1. The zero-order chi connectivity index (χ0) is 52.5. The van der Waals surface area contributed by atoms with Crippen LogP contribution in [0.4, 0.5) is 5.69 Å². The molecule has 388 valence electrons. The summed E-state index contributed by atoms with van der Waals surface area (Å²) in [4.78, 5) is 89.7. The van der Waals surface area contributed by atoms with Gasteiger partial charge in [-0.15, -0.1) is 6.42 Å². The van der Waals surface area contributed by atoms with Gasteiger partial charge in [-0.3, -0.25) is 24.5 Å². The lowest BCUT2D eigenvalue weighted by molar-refractivity contribution is -0.145. The number of carbonyl (C=O) groups is 7. The number of ether oxygens (including phenoxy) is 5. The van der Waals surface area contributed by atoms with Crippen LogP contribution in [0.25, 0.3) is 0 Å². The van der Waals surface area contributed by atoms with Crippen molar-refractivity contribution in [3.63, 3.8) is 0 Å². The number of carbonyl (C=O) groups excluding carboxylic acids is 7. The zero-order valence-electron chi connectivity index (χ0n) is 42.2. The average Bonchev–Trinajstić information content (AvgIpc) is 3.81. The number of hydrogen-bond donors (Lipinski definition) is 3. The largest absolute Gasteiger partial charge is 0.462 e. The molecule has 2 fully saturated rings. The quantitative estimate of drug-likeness (QED) is 0.0175. The van der Waals surface area contributed by atoms with Gasteiger partial charge in [-0.1, -0.05) is 61.7 Å². The minimum atomic E-state index is -0.836. The number of unbranched alkanes of at least 4 members (excludes halogenated alkanes) is 2. The molecular weight excluding hydrogens is 933 g/mol. The first kappa shape index (κ1) is 55.6. The van der Waals surface area contributed by atoms with Crippen LogP contribution in [0.15, 0.2) is 96.6 Å². The summed E-state index contributed by atoms with van der Waals surface area (Å²) < 4.78 is 26.9. The second-order valence-electron chi connectivity index (χ2n) is 19.7. The van der Waals surface area contributed by atoms with E-state index in [1.165, 1.54) is 12.1 Å². The van der Waals surface area contributed by atoms with Crippen molar-refractivity contribution in [1.82, 2.24) is 5.32 Å². The molecule has 0 radical (unpaired) electrons. The molecule has 3 aliphatic rings. The first-order chi connectivity index (χ1) is 35.0. The van der Waals surface area contributed by atoms with Gasteiger partial charge in [0.25, 0.3) is 0 Å². The van der Waals surface area contributed by atoms with Crippen LogP contribution in [-0.4, -0.2) is 105 Å². The maximum absolute atomic E-state index is 13.4. The van der Waals surface area contributed by atoms with Crippen molar-refractivity contribution in [2.45, 2.75) is 104 Å². The summed E-state index contributed by atoms with van der Waals surface area (Å²) in [5.41, 5.74) is 3.38. The molecule has 1 heterocycles. The molecule has 0 spiro atoms. The normalized spacial score (nSPS) is 21.6. The van der Waals surface area contributed by atoms with Crippen LogP contribution < -0.4 is 10.6 Å². The molecule has 3 N–H and O–H groups in total. The van der Waals surface area contributed by atoms with E-state index in [2.05, 4.69) is 37.0 Å². The number of anilines is 1. The number of aliphatic hydroxyl groups is 1. The molecule has 3 unspecified atom stereocenters. The Morgan fingerprint density at radius 3 is 2.19 bits per heavy atom. The number of Topliss-reactive ketones (excluding diaryl/α,β-unsaturated/α-hetero) is 1. The molecule has 2 saturated carbocycles. The van der Waals surface area contributed by atoms with Crippen LogP contribution >= 0.6 is 0 Å². The first-order valence-electron chi connectivity index (χ1n) is 25.1. The minimum absolute atomic E-state index is 0.0502. The molecule has 0 aromatic heterocycles. The summed E-state index contributed by atoms with van der Waals surface area (Å²) >= 11 is 0. The second-order valence-corrected chi connectivity index (χ2v) is 19.7. The summed E-state index contributed by atoms with van der Waals surface area (Å²) in [6.45, 7) is 11.1. The highest BCUT2D eigenvalue weighted by molar-refractivity contribution is 6.09. The van der Waals surface area contributed by atoms with Crippen LogP contribution in [0, 0.1) is 41.9 Å². The van der Waals surface area contributed by atoms with E-state index < -0.39 is 47.4 Å². The Balaban J connectivity index is 0.906. The predicted molar refractivity (Wildman–Crippen MR) is 272 cm³/mol. The predicted octanol–water partition coefficient (Wildman–Crippen LogP) is 7.86. The van der Waals surface area contributed by atoms with Gasteiger partial charge in [-0.05, 0) is 142 Å². The lowest BCUT2D eigenvalue weighted by Crippen LogP contribution is -2.56. The van der Waals surface area contributed by atoms with E-state index in [1.54, 1.807) is 54.6 Å². The highest BCUT2D eigenvalue weighted by Crippen LogP contribution is 2.63. The van der Waals surface area contributed by atoms with Crippen molar-refractivity contribution in [2.24, 2.45) is 22.7 Å². The molecule has 3 aromatic rings. The maximum Gasteiger partial charge on any atom is 0.338 e. The number of allylic oxidation sites excluding steroid dienone is 1. The molecular formula is C58H68N2O13. The number of nitrogens with one attached hydrogen (secondary N) is 2. The Labute approximate surface area is 427 Å². The summed E-state index contributed by atoms with van der Waals surface area (Å²) in [5, 5.41) is 17.0. The van der Waals surface area contributed by atoms with Gasteiger partial charge in [0.15, 0.2) is 5.78 Å². The van der Waals surface area contributed by atoms with Gasteiger partial charge in [0.1, 0.15) is 31.7 Å². The van der Waals surface area contributed by atoms with Crippen LogP contribution in [0.1, 0.15) is 127 Å². The summed E-state index contributed by atoms with van der Waals surface area (Å²) in [7, 11) is 0. The number of terminal acetylenes is 1. The Hall–Kier alpha value is -6.73. The fourth-order valence-corrected chi connectivity index (χ4v) is 10.6. The number of hydrogen-bond acceptors (Lipinski definition) is 14. The van der Waals surface area contributed by atoms with Crippen LogP contribution in [0.2, 0.25) is 0 Å². The highest BCUT2D eigenvalue weighted by atomic mass is 16.6. The second kappa shape index (κ2) is 26.3. The Morgan fingerprint density at radius 1 is 0.836 bits per heavy atom. The SMILES string of the molecule is C#CCOCCOC(=O)CNCC(=O)Nc1ccc(C(=O)c2ccc(C(=O)OCCCCCC(=O)CC[C@]3(C)C(O)CC[C@]4(C)C3CCC(=C)[C@H]4CC(OC(=O)c3ccc(C)cc3)C3=CCOC3=O)cc2)cc1. The smallest absolute Gasteiger partial charge is 0.338 e. The number of aliphatic hydroxyl groups excluding tert-OH is 1. The van der Waals surface area contributed by atoms with Gasteiger partial charge < -0.3 is 34.1 Å². The topological polar surface area (TPSA) is 210 Å².